The third-order valence-electron chi connectivity index (χ3n) is 4.21. The number of benzene rings is 2. The highest BCUT2D eigenvalue weighted by Gasteiger charge is 2.29. The largest absolute Gasteiger partial charge is 0.322 e. The summed E-state index contributed by atoms with van der Waals surface area (Å²) in [6, 6.07) is 15.2. The summed E-state index contributed by atoms with van der Waals surface area (Å²) in [5.74, 6) is 0.256. The van der Waals surface area contributed by atoms with Gasteiger partial charge in [0.05, 0.1) is 17.1 Å². The predicted octanol–water partition coefficient (Wildman–Crippen LogP) is 3.78. The molecule has 1 heterocycles. The molecular formula is C19H21NO3S2. The average molecular weight is 376 g/mol. The molecule has 132 valence electrons. The Morgan fingerprint density at radius 3 is 2.72 bits per heavy atom. The van der Waals surface area contributed by atoms with Crippen LogP contribution < -0.4 is 5.32 Å². The highest BCUT2D eigenvalue weighted by Crippen LogP contribution is 2.33. The van der Waals surface area contributed by atoms with Crippen molar-refractivity contribution in [1.29, 1.82) is 0 Å². The molecule has 0 bridgehead atoms. The van der Waals surface area contributed by atoms with E-state index < -0.39 is 9.84 Å². The number of anilines is 1. The quantitative estimate of drug-likeness (QED) is 0.864. The van der Waals surface area contributed by atoms with E-state index in [4.69, 9.17) is 0 Å². The van der Waals surface area contributed by atoms with Gasteiger partial charge < -0.3 is 5.32 Å². The minimum Gasteiger partial charge on any atom is -0.322 e. The van der Waals surface area contributed by atoms with Crippen LogP contribution in [-0.2, 0) is 16.3 Å². The highest BCUT2D eigenvalue weighted by molar-refractivity contribution is 8.02. The van der Waals surface area contributed by atoms with Gasteiger partial charge in [-0.2, -0.15) is 0 Å². The standard InChI is InChI=1S/C19H21NO3S2/c1-2-14-6-5-7-15(12-14)20-19(21)17-8-3-4-9-18(17)24-16-10-11-25(22,23)13-16/h3-9,12,16H,2,10-11,13H2,1H3,(H,20,21)/t16-/m0/s1. The fourth-order valence-electron chi connectivity index (χ4n) is 2.86. The summed E-state index contributed by atoms with van der Waals surface area (Å²) in [5.41, 5.74) is 2.52. The molecule has 25 heavy (non-hydrogen) atoms. The maximum absolute atomic E-state index is 12.7. The number of thioether (sulfide) groups is 1. The predicted molar refractivity (Wildman–Crippen MR) is 103 cm³/mol. The van der Waals surface area contributed by atoms with Crippen molar-refractivity contribution in [2.45, 2.75) is 29.9 Å². The second kappa shape index (κ2) is 7.62. The van der Waals surface area contributed by atoms with Gasteiger partial charge in [0.25, 0.3) is 5.91 Å². The fourth-order valence-corrected chi connectivity index (χ4v) is 6.48. The van der Waals surface area contributed by atoms with Crippen LogP contribution >= 0.6 is 11.8 Å². The molecule has 0 aliphatic carbocycles. The number of carbonyl (C=O) groups is 1. The second-order valence-electron chi connectivity index (χ2n) is 6.15. The van der Waals surface area contributed by atoms with Gasteiger partial charge in [-0.15, -0.1) is 11.8 Å². The number of sulfone groups is 1. The van der Waals surface area contributed by atoms with Gasteiger partial charge in [0.15, 0.2) is 9.84 Å². The number of hydrogen-bond donors (Lipinski definition) is 1. The zero-order valence-corrected chi connectivity index (χ0v) is 15.7. The maximum atomic E-state index is 12.7. The van der Waals surface area contributed by atoms with E-state index in [2.05, 4.69) is 12.2 Å². The van der Waals surface area contributed by atoms with E-state index in [1.165, 1.54) is 11.8 Å². The van der Waals surface area contributed by atoms with Gasteiger partial charge >= 0.3 is 0 Å². The number of nitrogens with one attached hydrogen (secondary N) is 1. The Bertz CT molecular complexity index is 878. The molecule has 2 aromatic carbocycles. The third-order valence-corrected chi connectivity index (χ3v) is 7.53. The third kappa shape index (κ3) is 4.64. The van der Waals surface area contributed by atoms with E-state index in [9.17, 15) is 13.2 Å². The summed E-state index contributed by atoms with van der Waals surface area (Å²) in [5, 5.41) is 2.96. The molecule has 1 amide bonds. The molecule has 2 aromatic rings. The number of hydrogen-bond acceptors (Lipinski definition) is 4. The van der Waals surface area contributed by atoms with Crippen LogP contribution in [0, 0.1) is 0 Å². The fraction of sp³-hybridized carbons (Fsp3) is 0.316. The van der Waals surface area contributed by atoms with Gasteiger partial charge in [-0.3, -0.25) is 4.79 Å². The minimum atomic E-state index is -2.93. The van der Waals surface area contributed by atoms with Gasteiger partial charge in [-0.1, -0.05) is 31.2 Å². The summed E-state index contributed by atoms with van der Waals surface area (Å²) in [4.78, 5) is 13.5. The molecule has 3 rings (SSSR count). The van der Waals surface area contributed by atoms with Crippen LogP contribution in [0.4, 0.5) is 5.69 Å². The summed E-state index contributed by atoms with van der Waals surface area (Å²) < 4.78 is 23.3. The molecule has 0 aromatic heterocycles. The van der Waals surface area contributed by atoms with E-state index >= 15 is 0 Å². The monoisotopic (exact) mass is 375 g/mol. The summed E-state index contributed by atoms with van der Waals surface area (Å²) >= 11 is 1.49. The summed E-state index contributed by atoms with van der Waals surface area (Å²) in [6.07, 6.45) is 1.55. The lowest BCUT2D eigenvalue weighted by Crippen LogP contribution is -2.14. The van der Waals surface area contributed by atoms with Crippen molar-refractivity contribution in [3.05, 3.63) is 59.7 Å². The van der Waals surface area contributed by atoms with Crippen LogP contribution in [0.2, 0.25) is 0 Å². The molecule has 1 saturated heterocycles. The molecule has 0 saturated carbocycles. The molecule has 1 fully saturated rings. The SMILES string of the molecule is CCc1cccc(NC(=O)c2ccccc2S[C@H]2CCS(=O)(=O)C2)c1. The molecule has 0 unspecified atom stereocenters. The Morgan fingerprint density at radius 2 is 2.00 bits per heavy atom. The van der Waals surface area contributed by atoms with Gasteiger partial charge in [0, 0.05) is 15.8 Å². The van der Waals surface area contributed by atoms with Crippen LogP contribution in [0.15, 0.2) is 53.4 Å². The molecule has 4 nitrogen and oxygen atoms in total. The number of aryl methyl sites for hydroxylation is 1. The van der Waals surface area contributed by atoms with Crippen LogP contribution in [0.25, 0.3) is 0 Å². The Morgan fingerprint density at radius 1 is 1.20 bits per heavy atom. The highest BCUT2D eigenvalue weighted by atomic mass is 32.2. The van der Waals surface area contributed by atoms with Crippen molar-refractivity contribution >= 4 is 33.2 Å². The maximum Gasteiger partial charge on any atom is 0.256 e. The van der Waals surface area contributed by atoms with Crippen molar-refractivity contribution < 1.29 is 13.2 Å². The number of rotatable bonds is 5. The second-order valence-corrected chi connectivity index (χ2v) is 9.72. The van der Waals surface area contributed by atoms with Crippen molar-refractivity contribution in [2.24, 2.45) is 0 Å². The lowest BCUT2D eigenvalue weighted by molar-refractivity contribution is 0.102. The first-order valence-electron chi connectivity index (χ1n) is 8.33. The van der Waals surface area contributed by atoms with Crippen LogP contribution in [0.5, 0.6) is 0 Å². The normalized spacial score (nSPS) is 18.8. The number of amides is 1. The molecule has 1 atom stereocenters. The summed E-state index contributed by atoms with van der Waals surface area (Å²) in [7, 11) is -2.93. The molecule has 6 heteroatoms. The molecule has 1 aliphatic rings. The Balaban J connectivity index is 1.76. The molecule has 1 N–H and O–H groups in total. The average Bonchev–Trinajstić information content (AvgIpc) is 2.94. The zero-order valence-electron chi connectivity index (χ0n) is 14.1. The van der Waals surface area contributed by atoms with E-state index in [1.54, 1.807) is 6.07 Å². The smallest absolute Gasteiger partial charge is 0.256 e. The van der Waals surface area contributed by atoms with Crippen molar-refractivity contribution in [3.63, 3.8) is 0 Å². The van der Waals surface area contributed by atoms with Crippen LogP contribution in [0.3, 0.4) is 0 Å². The van der Waals surface area contributed by atoms with E-state index in [1.807, 2.05) is 42.5 Å². The lowest BCUT2D eigenvalue weighted by Gasteiger charge is -2.13. The molecule has 0 radical (unpaired) electrons. The first-order chi connectivity index (χ1) is 12.0. The van der Waals surface area contributed by atoms with Gasteiger partial charge in [-0.05, 0) is 42.7 Å². The van der Waals surface area contributed by atoms with Crippen LogP contribution in [-0.4, -0.2) is 31.1 Å². The number of carbonyl (C=O) groups excluding carboxylic acids is 1. The Hall–Kier alpha value is -1.79. The molecular weight excluding hydrogens is 354 g/mol. The Labute approximate surface area is 152 Å². The Kier molecular flexibility index (Phi) is 5.49. The summed E-state index contributed by atoms with van der Waals surface area (Å²) in [6.45, 7) is 2.07. The van der Waals surface area contributed by atoms with Crippen LogP contribution in [0.1, 0.15) is 29.3 Å². The van der Waals surface area contributed by atoms with Crippen molar-refractivity contribution in [2.75, 3.05) is 16.8 Å². The topological polar surface area (TPSA) is 63.2 Å². The van der Waals surface area contributed by atoms with E-state index in [0.29, 0.717) is 12.0 Å². The van der Waals surface area contributed by atoms with Crippen molar-refractivity contribution in [1.82, 2.24) is 0 Å². The lowest BCUT2D eigenvalue weighted by atomic mass is 10.1. The first kappa shape index (κ1) is 18.0. The zero-order chi connectivity index (χ0) is 17.9. The molecule has 0 spiro atoms. The van der Waals surface area contributed by atoms with E-state index in [-0.39, 0.29) is 22.7 Å². The van der Waals surface area contributed by atoms with Gasteiger partial charge in [0.2, 0.25) is 0 Å². The van der Waals surface area contributed by atoms with Crippen molar-refractivity contribution in [3.8, 4) is 0 Å². The van der Waals surface area contributed by atoms with E-state index in [0.717, 1.165) is 22.6 Å². The first-order valence-corrected chi connectivity index (χ1v) is 11.0. The van der Waals surface area contributed by atoms with Gasteiger partial charge in [-0.25, -0.2) is 8.42 Å². The molecule has 1 aliphatic heterocycles. The van der Waals surface area contributed by atoms with Gasteiger partial charge in [0.1, 0.15) is 0 Å². The minimum absolute atomic E-state index is 0.0161.